The lowest BCUT2D eigenvalue weighted by atomic mass is 10.1. The van der Waals surface area contributed by atoms with Gasteiger partial charge in [-0.25, -0.2) is 4.98 Å². The fourth-order valence-electron chi connectivity index (χ4n) is 2.80. The molecule has 0 spiro atoms. The number of rotatable bonds is 4. The number of benzene rings is 2. The first-order valence-electron chi connectivity index (χ1n) is 8.11. The van der Waals surface area contributed by atoms with E-state index in [1.54, 1.807) is 35.8 Å². The molecule has 8 heteroatoms. The minimum Gasteiger partial charge on any atom is -0.482 e. The molecule has 27 heavy (non-hydrogen) atoms. The highest BCUT2D eigenvalue weighted by Crippen LogP contribution is 2.36. The number of amides is 2. The van der Waals surface area contributed by atoms with Gasteiger partial charge in [0, 0.05) is 21.7 Å². The molecule has 0 fully saturated rings. The average molecular weight is 400 g/mol. The average Bonchev–Trinajstić information content (AvgIpc) is 3.18. The van der Waals surface area contributed by atoms with Crippen LogP contribution in [-0.2, 0) is 9.59 Å². The number of hydrogen-bond acceptors (Lipinski definition) is 5. The van der Waals surface area contributed by atoms with Gasteiger partial charge in [0.25, 0.3) is 5.91 Å². The molecule has 136 valence electrons. The summed E-state index contributed by atoms with van der Waals surface area (Å²) in [5.41, 5.74) is 4.53. The van der Waals surface area contributed by atoms with Crippen LogP contribution in [0.2, 0.25) is 5.02 Å². The van der Waals surface area contributed by atoms with Crippen molar-refractivity contribution in [2.75, 3.05) is 23.4 Å². The summed E-state index contributed by atoms with van der Waals surface area (Å²) in [5, 5.41) is 5.20. The molecule has 6 nitrogen and oxygen atoms in total. The van der Waals surface area contributed by atoms with E-state index in [0.29, 0.717) is 22.1 Å². The molecule has 2 amide bonds. The Labute approximate surface area is 164 Å². The van der Waals surface area contributed by atoms with Gasteiger partial charge in [0.2, 0.25) is 5.91 Å². The van der Waals surface area contributed by atoms with Gasteiger partial charge in [-0.3, -0.25) is 14.5 Å². The molecule has 3 aromatic rings. The molecule has 4 rings (SSSR count). The Morgan fingerprint density at radius 1 is 1.30 bits per heavy atom. The Balaban J connectivity index is 1.58. The summed E-state index contributed by atoms with van der Waals surface area (Å²) < 4.78 is 5.50. The van der Waals surface area contributed by atoms with E-state index in [9.17, 15) is 9.59 Å². The Morgan fingerprint density at radius 2 is 2.19 bits per heavy atom. The SMILES string of the molecule is O=C(CN1C(=O)COc2ccc(-c3cscn3)cc21)Nc1cccc(Cl)c1. The maximum atomic E-state index is 12.5. The van der Waals surface area contributed by atoms with E-state index in [4.69, 9.17) is 16.3 Å². The first-order valence-corrected chi connectivity index (χ1v) is 9.43. The second-order valence-corrected chi connectivity index (χ2v) is 7.04. The third-order valence-corrected chi connectivity index (χ3v) is 4.86. The Hall–Kier alpha value is -2.90. The van der Waals surface area contributed by atoms with Gasteiger partial charge in [-0.15, -0.1) is 11.3 Å². The molecule has 2 heterocycles. The summed E-state index contributed by atoms with van der Waals surface area (Å²) in [5.74, 6) is -0.0409. The van der Waals surface area contributed by atoms with E-state index in [1.807, 2.05) is 17.5 Å². The second kappa shape index (κ2) is 7.38. The monoisotopic (exact) mass is 399 g/mol. The van der Waals surface area contributed by atoms with Gasteiger partial charge in [0.1, 0.15) is 12.3 Å². The molecular formula is C19H14ClN3O3S. The van der Waals surface area contributed by atoms with Gasteiger partial charge < -0.3 is 10.1 Å². The van der Waals surface area contributed by atoms with Gasteiger partial charge in [0.15, 0.2) is 6.61 Å². The highest BCUT2D eigenvalue weighted by molar-refractivity contribution is 7.07. The predicted octanol–water partition coefficient (Wildman–Crippen LogP) is 3.83. The first-order chi connectivity index (χ1) is 13.1. The number of aromatic nitrogens is 1. The topological polar surface area (TPSA) is 71.5 Å². The van der Waals surface area contributed by atoms with Crippen LogP contribution >= 0.6 is 22.9 Å². The molecule has 1 N–H and O–H groups in total. The molecule has 0 saturated carbocycles. The fraction of sp³-hybridized carbons (Fsp3) is 0.105. The van der Waals surface area contributed by atoms with Crippen LogP contribution in [0, 0.1) is 0 Å². The summed E-state index contributed by atoms with van der Waals surface area (Å²) >= 11 is 7.43. The first kappa shape index (κ1) is 17.5. The minimum absolute atomic E-state index is 0.104. The maximum Gasteiger partial charge on any atom is 0.265 e. The van der Waals surface area contributed by atoms with Gasteiger partial charge in [-0.1, -0.05) is 17.7 Å². The lowest BCUT2D eigenvalue weighted by Crippen LogP contribution is -2.43. The van der Waals surface area contributed by atoms with E-state index in [0.717, 1.165) is 11.3 Å². The molecule has 0 atom stereocenters. The van der Waals surface area contributed by atoms with Crippen molar-refractivity contribution in [3.8, 4) is 17.0 Å². The Kier molecular flexibility index (Phi) is 4.79. The van der Waals surface area contributed by atoms with Gasteiger partial charge in [-0.2, -0.15) is 0 Å². The number of fused-ring (bicyclic) bond motifs is 1. The molecule has 0 aliphatic carbocycles. The predicted molar refractivity (Wildman–Crippen MR) is 105 cm³/mol. The minimum atomic E-state index is -0.322. The van der Waals surface area contributed by atoms with E-state index in [2.05, 4.69) is 10.3 Å². The lowest BCUT2D eigenvalue weighted by Gasteiger charge is -2.29. The van der Waals surface area contributed by atoms with Gasteiger partial charge >= 0.3 is 0 Å². The smallest absolute Gasteiger partial charge is 0.265 e. The van der Waals surface area contributed by atoms with E-state index >= 15 is 0 Å². The highest BCUT2D eigenvalue weighted by atomic mass is 35.5. The van der Waals surface area contributed by atoms with Crippen LogP contribution in [0.4, 0.5) is 11.4 Å². The van der Waals surface area contributed by atoms with Crippen LogP contribution in [0.15, 0.2) is 53.4 Å². The molecule has 1 aromatic heterocycles. The quantitative estimate of drug-likeness (QED) is 0.723. The summed E-state index contributed by atoms with van der Waals surface area (Å²) in [7, 11) is 0. The van der Waals surface area contributed by atoms with Gasteiger partial charge in [-0.05, 0) is 36.4 Å². The Bertz CT molecular complexity index is 1010. The van der Waals surface area contributed by atoms with E-state index in [1.165, 1.54) is 16.2 Å². The van der Waals surface area contributed by atoms with Crippen LogP contribution in [0.25, 0.3) is 11.3 Å². The third-order valence-electron chi connectivity index (χ3n) is 4.04. The van der Waals surface area contributed by atoms with Crippen molar-refractivity contribution < 1.29 is 14.3 Å². The summed E-state index contributed by atoms with van der Waals surface area (Å²) in [6.45, 7) is -0.226. The third kappa shape index (κ3) is 3.79. The summed E-state index contributed by atoms with van der Waals surface area (Å²) in [6.07, 6.45) is 0. The molecule has 1 aliphatic rings. The number of ether oxygens (including phenoxy) is 1. The van der Waals surface area contributed by atoms with Crippen molar-refractivity contribution in [1.82, 2.24) is 4.98 Å². The normalized spacial score (nSPS) is 13.1. The molecule has 1 aliphatic heterocycles. The Morgan fingerprint density at radius 3 is 2.96 bits per heavy atom. The van der Waals surface area contributed by atoms with Crippen LogP contribution < -0.4 is 15.0 Å². The van der Waals surface area contributed by atoms with Crippen LogP contribution in [0.5, 0.6) is 5.75 Å². The fourth-order valence-corrected chi connectivity index (χ4v) is 3.55. The largest absolute Gasteiger partial charge is 0.482 e. The number of halogens is 1. The number of carbonyl (C=O) groups excluding carboxylic acids is 2. The molecule has 0 saturated heterocycles. The van der Waals surface area contributed by atoms with Crippen molar-refractivity contribution in [1.29, 1.82) is 0 Å². The lowest BCUT2D eigenvalue weighted by molar-refractivity contribution is -0.123. The molecule has 2 aromatic carbocycles. The number of hydrogen-bond donors (Lipinski definition) is 1. The number of nitrogens with one attached hydrogen (secondary N) is 1. The van der Waals surface area contributed by atoms with E-state index in [-0.39, 0.29) is 25.0 Å². The second-order valence-electron chi connectivity index (χ2n) is 5.88. The van der Waals surface area contributed by atoms with E-state index < -0.39 is 0 Å². The highest BCUT2D eigenvalue weighted by Gasteiger charge is 2.28. The van der Waals surface area contributed by atoms with Crippen molar-refractivity contribution in [3.63, 3.8) is 0 Å². The van der Waals surface area contributed by atoms with Crippen molar-refractivity contribution in [3.05, 3.63) is 58.4 Å². The zero-order valence-electron chi connectivity index (χ0n) is 14.0. The number of carbonyl (C=O) groups is 2. The van der Waals surface area contributed by atoms with Crippen molar-refractivity contribution in [2.45, 2.75) is 0 Å². The molecule has 0 bridgehead atoms. The summed E-state index contributed by atoms with van der Waals surface area (Å²) in [4.78, 5) is 30.6. The van der Waals surface area contributed by atoms with Crippen LogP contribution in [0.3, 0.4) is 0 Å². The van der Waals surface area contributed by atoms with Gasteiger partial charge in [0.05, 0.1) is 16.9 Å². The number of nitrogens with zero attached hydrogens (tertiary/aromatic N) is 2. The van der Waals surface area contributed by atoms with Crippen molar-refractivity contribution in [2.24, 2.45) is 0 Å². The molecule has 0 radical (unpaired) electrons. The zero-order valence-corrected chi connectivity index (χ0v) is 15.6. The number of thiazole rings is 1. The van der Waals surface area contributed by atoms with Crippen LogP contribution in [0.1, 0.15) is 0 Å². The molecule has 0 unspecified atom stereocenters. The van der Waals surface area contributed by atoms with Crippen molar-refractivity contribution >= 4 is 46.1 Å². The van der Waals surface area contributed by atoms with Crippen LogP contribution in [-0.4, -0.2) is 29.9 Å². The number of anilines is 2. The summed E-state index contributed by atoms with van der Waals surface area (Å²) in [6, 6.07) is 12.3. The standard InChI is InChI=1S/C19H14ClN3O3S/c20-13-2-1-3-14(7-13)22-18(24)8-23-16-6-12(15-10-27-11-21-15)4-5-17(16)26-9-19(23)25/h1-7,10-11H,8-9H2,(H,22,24). The maximum absolute atomic E-state index is 12.5. The zero-order chi connectivity index (χ0) is 18.8. The molecular weight excluding hydrogens is 386 g/mol.